The molecular weight excluding hydrogens is 416 g/mol. The molecule has 0 spiro atoms. The van der Waals surface area contributed by atoms with Gasteiger partial charge in [0.2, 0.25) is 5.95 Å². The lowest BCUT2D eigenvalue weighted by Gasteiger charge is -2.33. The Bertz CT molecular complexity index is 1190. The standard InChI is InChI=1S/C22H23ClN6O2/c23-20-17(24-14-18(19-9-6-12-31-19)28-10-4-1-5-11-28)13-25-29(21(20)30)22-26-15-7-2-3-8-16(15)27-22/h2-3,6-9,12-13,18,24H,1,4-5,10-11,14H2,(H,26,27). The van der Waals surface area contributed by atoms with E-state index < -0.39 is 5.56 Å². The Labute approximate surface area is 183 Å². The summed E-state index contributed by atoms with van der Waals surface area (Å²) in [4.78, 5) is 22.8. The number of likely N-dealkylation sites (tertiary alicyclic amines) is 1. The number of nitrogens with one attached hydrogen (secondary N) is 2. The number of furan rings is 1. The fourth-order valence-corrected chi connectivity index (χ4v) is 4.27. The first-order valence-corrected chi connectivity index (χ1v) is 10.8. The van der Waals surface area contributed by atoms with Crippen LogP contribution in [0, 0.1) is 0 Å². The molecule has 3 aromatic heterocycles. The van der Waals surface area contributed by atoms with Gasteiger partial charge in [0.25, 0.3) is 5.56 Å². The molecule has 1 aromatic carbocycles. The first-order valence-electron chi connectivity index (χ1n) is 10.4. The van der Waals surface area contributed by atoms with E-state index >= 15 is 0 Å². The zero-order chi connectivity index (χ0) is 21.2. The number of halogens is 1. The van der Waals surface area contributed by atoms with Gasteiger partial charge in [0.1, 0.15) is 10.8 Å². The molecule has 8 nitrogen and oxygen atoms in total. The Balaban J connectivity index is 1.39. The molecule has 1 aliphatic heterocycles. The van der Waals surface area contributed by atoms with Crippen molar-refractivity contribution in [2.45, 2.75) is 25.3 Å². The average Bonchev–Trinajstić information content (AvgIpc) is 3.47. The van der Waals surface area contributed by atoms with Gasteiger partial charge in [-0.25, -0.2) is 4.98 Å². The largest absolute Gasteiger partial charge is 0.468 e. The molecule has 5 rings (SSSR count). The van der Waals surface area contributed by atoms with Gasteiger partial charge in [-0.15, -0.1) is 0 Å². The van der Waals surface area contributed by atoms with E-state index in [1.165, 1.54) is 23.9 Å². The molecule has 1 saturated heterocycles. The number of hydrogen-bond acceptors (Lipinski definition) is 6. The van der Waals surface area contributed by atoms with E-state index in [1.54, 1.807) is 12.5 Å². The van der Waals surface area contributed by atoms with Crippen molar-refractivity contribution in [1.82, 2.24) is 24.6 Å². The molecule has 31 heavy (non-hydrogen) atoms. The van der Waals surface area contributed by atoms with Crippen molar-refractivity contribution in [1.29, 1.82) is 0 Å². The summed E-state index contributed by atoms with van der Waals surface area (Å²) in [7, 11) is 0. The molecule has 4 aromatic rings. The number of imidazole rings is 1. The highest BCUT2D eigenvalue weighted by atomic mass is 35.5. The van der Waals surface area contributed by atoms with Gasteiger partial charge >= 0.3 is 0 Å². The average molecular weight is 439 g/mol. The highest BCUT2D eigenvalue weighted by Gasteiger charge is 2.25. The maximum absolute atomic E-state index is 12.9. The van der Waals surface area contributed by atoms with E-state index in [1.807, 2.05) is 36.4 Å². The summed E-state index contributed by atoms with van der Waals surface area (Å²) in [6.45, 7) is 2.60. The molecule has 0 bridgehead atoms. The fourth-order valence-electron chi connectivity index (χ4n) is 4.07. The van der Waals surface area contributed by atoms with Crippen molar-refractivity contribution >= 4 is 28.3 Å². The van der Waals surface area contributed by atoms with Crippen LogP contribution in [0.15, 0.2) is 58.1 Å². The number of aromatic amines is 1. The van der Waals surface area contributed by atoms with E-state index in [-0.39, 0.29) is 11.1 Å². The van der Waals surface area contributed by atoms with E-state index in [2.05, 4.69) is 25.3 Å². The van der Waals surface area contributed by atoms with Gasteiger partial charge in [-0.2, -0.15) is 9.78 Å². The summed E-state index contributed by atoms with van der Waals surface area (Å²) in [5, 5.41) is 7.67. The van der Waals surface area contributed by atoms with Gasteiger partial charge in [0, 0.05) is 6.54 Å². The Hall–Kier alpha value is -3.10. The third kappa shape index (κ3) is 3.96. The zero-order valence-corrected chi connectivity index (χ0v) is 17.7. The fraction of sp³-hybridized carbons (Fsp3) is 0.318. The Morgan fingerprint density at radius 2 is 2.00 bits per heavy atom. The van der Waals surface area contributed by atoms with Crippen LogP contribution in [0.25, 0.3) is 17.0 Å². The molecule has 1 unspecified atom stereocenters. The van der Waals surface area contributed by atoms with Crippen LogP contribution in [0.2, 0.25) is 5.02 Å². The van der Waals surface area contributed by atoms with E-state index in [0.29, 0.717) is 18.2 Å². The second-order valence-electron chi connectivity index (χ2n) is 7.68. The minimum absolute atomic E-state index is 0.0594. The molecule has 2 N–H and O–H groups in total. The summed E-state index contributed by atoms with van der Waals surface area (Å²) in [5.74, 6) is 1.23. The van der Waals surface area contributed by atoms with Gasteiger partial charge in [-0.1, -0.05) is 30.2 Å². The van der Waals surface area contributed by atoms with Gasteiger partial charge in [-0.3, -0.25) is 9.69 Å². The molecule has 1 fully saturated rings. The predicted molar refractivity (Wildman–Crippen MR) is 120 cm³/mol. The minimum atomic E-state index is -0.432. The number of rotatable bonds is 6. The third-order valence-corrected chi connectivity index (χ3v) is 6.05. The van der Waals surface area contributed by atoms with Crippen molar-refractivity contribution < 1.29 is 4.42 Å². The van der Waals surface area contributed by atoms with Crippen molar-refractivity contribution in [2.24, 2.45) is 0 Å². The van der Waals surface area contributed by atoms with E-state index in [4.69, 9.17) is 16.0 Å². The van der Waals surface area contributed by atoms with Gasteiger partial charge < -0.3 is 14.7 Å². The molecule has 0 saturated carbocycles. The number of aromatic nitrogens is 4. The highest BCUT2D eigenvalue weighted by molar-refractivity contribution is 6.32. The number of hydrogen-bond donors (Lipinski definition) is 2. The second kappa shape index (κ2) is 8.56. The molecule has 0 radical (unpaired) electrons. The summed E-state index contributed by atoms with van der Waals surface area (Å²) in [6, 6.07) is 11.5. The van der Waals surface area contributed by atoms with Crippen LogP contribution in [0.1, 0.15) is 31.1 Å². The van der Waals surface area contributed by atoms with Crippen molar-refractivity contribution in [2.75, 3.05) is 25.0 Å². The van der Waals surface area contributed by atoms with Crippen LogP contribution in [0.5, 0.6) is 0 Å². The molecule has 0 aliphatic carbocycles. The maximum Gasteiger partial charge on any atom is 0.295 e. The molecule has 0 amide bonds. The Morgan fingerprint density at radius 3 is 2.77 bits per heavy atom. The maximum atomic E-state index is 12.9. The molecule has 1 aliphatic rings. The summed E-state index contributed by atoms with van der Waals surface area (Å²) >= 11 is 6.43. The number of fused-ring (bicyclic) bond motifs is 1. The van der Waals surface area contributed by atoms with Gasteiger partial charge in [0.15, 0.2) is 0 Å². The summed E-state index contributed by atoms with van der Waals surface area (Å²) in [6.07, 6.45) is 6.85. The van der Waals surface area contributed by atoms with Crippen LogP contribution < -0.4 is 10.9 Å². The number of piperidine rings is 1. The minimum Gasteiger partial charge on any atom is -0.468 e. The summed E-state index contributed by atoms with van der Waals surface area (Å²) in [5.41, 5.74) is 1.64. The lowest BCUT2D eigenvalue weighted by atomic mass is 10.1. The van der Waals surface area contributed by atoms with Gasteiger partial charge in [-0.05, 0) is 50.2 Å². The number of anilines is 1. The van der Waals surface area contributed by atoms with Crippen molar-refractivity contribution in [3.05, 3.63) is 70.0 Å². The van der Waals surface area contributed by atoms with Crippen LogP contribution in [0.3, 0.4) is 0 Å². The number of para-hydroxylation sites is 2. The Kier molecular flexibility index (Phi) is 5.48. The summed E-state index contributed by atoms with van der Waals surface area (Å²) < 4.78 is 6.87. The number of benzene rings is 1. The van der Waals surface area contributed by atoms with Crippen LogP contribution >= 0.6 is 11.6 Å². The molecule has 1 atom stereocenters. The highest BCUT2D eigenvalue weighted by Crippen LogP contribution is 2.26. The zero-order valence-electron chi connectivity index (χ0n) is 16.9. The topological polar surface area (TPSA) is 92.0 Å². The number of nitrogens with zero attached hydrogens (tertiary/aromatic N) is 4. The molecule has 9 heteroatoms. The molecule has 4 heterocycles. The van der Waals surface area contributed by atoms with Crippen LogP contribution in [-0.2, 0) is 0 Å². The molecular formula is C22H23ClN6O2. The number of H-pyrrole nitrogens is 1. The first kappa shape index (κ1) is 19.8. The quantitative estimate of drug-likeness (QED) is 0.473. The smallest absolute Gasteiger partial charge is 0.295 e. The van der Waals surface area contributed by atoms with Crippen LogP contribution in [0.4, 0.5) is 5.69 Å². The van der Waals surface area contributed by atoms with Crippen molar-refractivity contribution in [3.63, 3.8) is 0 Å². The van der Waals surface area contributed by atoms with E-state index in [0.717, 1.165) is 29.9 Å². The van der Waals surface area contributed by atoms with E-state index in [9.17, 15) is 4.79 Å². The van der Waals surface area contributed by atoms with Crippen LogP contribution in [-0.4, -0.2) is 44.3 Å². The SMILES string of the molecule is O=c1c(Cl)c(NCC(c2ccco2)N2CCCCC2)cnn1-c1nc2ccccc2[nH]1. The first-order chi connectivity index (χ1) is 15.2. The lowest BCUT2D eigenvalue weighted by molar-refractivity contribution is 0.153. The Morgan fingerprint density at radius 1 is 1.16 bits per heavy atom. The van der Waals surface area contributed by atoms with Gasteiger partial charge in [0.05, 0.1) is 35.2 Å². The normalized spacial score (nSPS) is 15.9. The lowest BCUT2D eigenvalue weighted by Crippen LogP contribution is -2.37. The third-order valence-electron chi connectivity index (χ3n) is 5.69. The monoisotopic (exact) mass is 438 g/mol. The molecule has 160 valence electrons. The second-order valence-corrected chi connectivity index (χ2v) is 8.05. The van der Waals surface area contributed by atoms with Crippen molar-refractivity contribution in [3.8, 4) is 5.95 Å². The predicted octanol–water partition coefficient (Wildman–Crippen LogP) is 3.99.